The molecule has 0 N–H and O–H groups in total. The Morgan fingerprint density at radius 2 is 2.33 bits per heavy atom. The number of hydrogen-bond acceptors (Lipinski definition) is 4. The van der Waals surface area contributed by atoms with Gasteiger partial charge in [0, 0.05) is 7.11 Å². The minimum absolute atomic E-state index is 0.0509. The van der Waals surface area contributed by atoms with Gasteiger partial charge in [0.25, 0.3) is 0 Å². The van der Waals surface area contributed by atoms with E-state index in [1.807, 2.05) is 0 Å². The molecule has 1 fully saturated rings. The van der Waals surface area contributed by atoms with E-state index < -0.39 is 18.0 Å². The van der Waals surface area contributed by atoms with E-state index in [4.69, 9.17) is 0 Å². The van der Waals surface area contributed by atoms with Crippen molar-refractivity contribution < 1.29 is 19.1 Å². The van der Waals surface area contributed by atoms with Crippen LogP contribution in [0.2, 0.25) is 0 Å². The maximum Gasteiger partial charge on any atom is 0.343 e. The number of esters is 2. The van der Waals surface area contributed by atoms with E-state index in [2.05, 4.69) is 9.47 Å². The highest BCUT2D eigenvalue weighted by atomic mass is 16.6. The van der Waals surface area contributed by atoms with Gasteiger partial charge in [-0.15, -0.1) is 0 Å². The number of carbonyl (C=O) groups is 2. The minimum atomic E-state index is -0.669. The van der Waals surface area contributed by atoms with Crippen LogP contribution in [0.1, 0.15) is 6.42 Å². The molecule has 1 aliphatic rings. The summed E-state index contributed by atoms with van der Waals surface area (Å²) in [6.45, 7) is 0. The summed E-state index contributed by atoms with van der Waals surface area (Å²) in [5.41, 5.74) is 0. The summed E-state index contributed by atoms with van der Waals surface area (Å²) >= 11 is 0. The van der Waals surface area contributed by atoms with Gasteiger partial charge in [-0.3, -0.25) is 4.79 Å². The first-order chi connectivity index (χ1) is 4.24. The first-order valence-corrected chi connectivity index (χ1v) is 2.51. The van der Waals surface area contributed by atoms with Crippen LogP contribution in [0, 0.1) is 0 Å². The Morgan fingerprint density at radius 1 is 1.67 bits per heavy atom. The van der Waals surface area contributed by atoms with Gasteiger partial charge in [0.05, 0.1) is 6.42 Å². The zero-order valence-electron chi connectivity index (χ0n) is 4.92. The smallest absolute Gasteiger partial charge is 0.343 e. The van der Waals surface area contributed by atoms with E-state index in [0.29, 0.717) is 0 Å². The lowest BCUT2D eigenvalue weighted by Crippen LogP contribution is -2.15. The van der Waals surface area contributed by atoms with Gasteiger partial charge in [-0.2, -0.15) is 0 Å². The summed E-state index contributed by atoms with van der Waals surface area (Å²) in [5, 5.41) is 0. The summed E-state index contributed by atoms with van der Waals surface area (Å²) in [4.78, 5) is 20.7. The number of cyclic esters (lactones) is 2. The zero-order chi connectivity index (χ0) is 6.85. The second-order valence-corrected chi connectivity index (χ2v) is 1.72. The molecule has 0 spiro atoms. The topological polar surface area (TPSA) is 52.6 Å². The van der Waals surface area contributed by atoms with E-state index in [9.17, 15) is 9.59 Å². The Balaban J connectivity index is 2.58. The van der Waals surface area contributed by atoms with Crippen molar-refractivity contribution in [2.24, 2.45) is 0 Å². The van der Waals surface area contributed by atoms with E-state index in [1.165, 1.54) is 7.11 Å². The Kier molecular flexibility index (Phi) is 1.48. The number of carbonyl (C=O) groups excluding carboxylic acids is 2. The molecule has 50 valence electrons. The van der Waals surface area contributed by atoms with Crippen molar-refractivity contribution >= 4 is 11.9 Å². The number of methoxy groups -OCH3 is 1. The van der Waals surface area contributed by atoms with Crippen molar-refractivity contribution in [1.29, 1.82) is 0 Å². The van der Waals surface area contributed by atoms with Crippen molar-refractivity contribution in [1.82, 2.24) is 0 Å². The lowest BCUT2D eigenvalue weighted by molar-refractivity contribution is -0.154. The third-order valence-corrected chi connectivity index (χ3v) is 1.11. The van der Waals surface area contributed by atoms with Gasteiger partial charge in [0.1, 0.15) is 0 Å². The van der Waals surface area contributed by atoms with Crippen LogP contribution in [0.4, 0.5) is 0 Å². The second kappa shape index (κ2) is 2.14. The highest BCUT2D eigenvalue weighted by Gasteiger charge is 2.32. The molecule has 0 saturated carbocycles. The van der Waals surface area contributed by atoms with Crippen LogP contribution >= 0.6 is 0 Å². The van der Waals surface area contributed by atoms with Crippen LogP contribution in [0.25, 0.3) is 0 Å². The lowest BCUT2D eigenvalue weighted by Gasteiger charge is -1.96. The van der Waals surface area contributed by atoms with Crippen molar-refractivity contribution in [2.75, 3.05) is 7.11 Å². The van der Waals surface area contributed by atoms with Gasteiger partial charge in [0.2, 0.25) is 0 Å². The third kappa shape index (κ3) is 1.08. The van der Waals surface area contributed by atoms with Crippen molar-refractivity contribution in [3.05, 3.63) is 0 Å². The van der Waals surface area contributed by atoms with E-state index in [0.717, 1.165) is 0 Å². The molecule has 1 rings (SSSR count). The van der Waals surface area contributed by atoms with Crippen molar-refractivity contribution in [3.8, 4) is 0 Å². The molecule has 4 heteroatoms. The standard InChI is InChI=1S/C5H6O4/c1-8-3-2-4(6)9-5(3)7/h3H,2H2,1H3/t3-/m0/s1. The highest BCUT2D eigenvalue weighted by molar-refractivity contribution is 5.96. The average molecular weight is 130 g/mol. The number of hydrogen-bond donors (Lipinski definition) is 0. The fourth-order valence-corrected chi connectivity index (χ4v) is 0.634. The molecular weight excluding hydrogens is 124 g/mol. The normalized spacial score (nSPS) is 26.6. The monoisotopic (exact) mass is 130 g/mol. The largest absolute Gasteiger partial charge is 0.391 e. The first-order valence-electron chi connectivity index (χ1n) is 2.51. The predicted octanol–water partition coefficient (Wildman–Crippen LogP) is -0.525. The molecule has 0 radical (unpaired) electrons. The van der Waals surface area contributed by atoms with E-state index >= 15 is 0 Å². The average Bonchev–Trinajstić information content (AvgIpc) is 2.10. The Labute approximate surface area is 51.7 Å². The minimum Gasteiger partial charge on any atom is -0.391 e. The maximum atomic E-state index is 10.4. The Bertz CT molecular complexity index is 151. The fourth-order valence-electron chi connectivity index (χ4n) is 0.634. The van der Waals surface area contributed by atoms with Crippen LogP contribution in [0.15, 0.2) is 0 Å². The molecule has 4 nitrogen and oxygen atoms in total. The van der Waals surface area contributed by atoms with Crippen LogP contribution in [0.3, 0.4) is 0 Å². The second-order valence-electron chi connectivity index (χ2n) is 1.72. The van der Waals surface area contributed by atoms with E-state index in [-0.39, 0.29) is 6.42 Å². The van der Waals surface area contributed by atoms with Crippen molar-refractivity contribution in [2.45, 2.75) is 12.5 Å². The molecule has 0 aromatic rings. The molecule has 1 aliphatic heterocycles. The Morgan fingerprint density at radius 3 is 2.56 bits per heavy atom. The van der Waals surface area contributed by atoms with Crippen LogP contribution < -0.4 is 0 Å². The molecule has 0 unspecified atom stereocenters. The summed E-state index contributed by atoms with van der Waals surface area (Å²) in [6.07, 6.45) is -0.618. The molecular formula is C5H6O4. The highest BCUT2D eigenvalue weighted by Crippen LogP contribution is 2.09. The summed E-state index contributed by atoms with van der Waals surface area (Å²) in [5.74, 6) is -1.09. The van der Waals surface area contributed by atoms with Crippen molar-refractivity contribution in [3.63, 3.8) is 0 Å². The zero-order valence-corrected chi connectivity index (χ0v) is 4.92. The van der Waals surface area contributed by atoms with Gasteiger partial charge in [-0.1, -0.05) is 0 Å². The molecule has 0 bridgehead atoms. The molecule has 0 aliphatic carbocycles. The van der Waals surface area contributed by atoms with Crippen LogP contribution in [0.5, 0.6) is 0 Å². The Hall–Kier alpha value is -0.900. The molecule has 0 aromatic carbocycles. The molecule has 0 aromatic heterocycles. The molecule has 1 saturated heterocycles. The quantitative estimate of drug-likeness (QED) is 0.354. The van der Waals surface area contributed by atoms with Crippen LogP contribution in [-0.4, -0.2) is 25.2 Å². The molecule has 1 atom stereocenters. The molecule has 0 amide bonds. The number of ether oxygens (including phenoxy) is 2. The predicted molar refractivity (Wildman–Crippen MR) is 26.5 cm³/mol. The maximum absolute atomic E-state index is 10.4. The van der Waals surface area contributed by atoms with Gasteiger partial charge in [-0.05, 0) is 0 Å². The number of rotatable bonds is 1. The molecule has 1 heterocycles. The third-order valence-electron chi connectivity index (χ3n) is 1.11. The fraction of sp³-hybridized carbons (Fsp3) is 0.600. The first kappa shape index (κ1) is 6.22. The van der Waals surface area contributed by atoms with Crippen LogP contribution in [-0.2, 0) is 19.1 Å². The van der Waals surface area contributed by atoms with Gasteiger partial charge in [-0.25, -0.2) is 4.79 Å². The SMILES string of the molecule is CO[C@H]1CC(=O)OC1=O. The summed E-state index contributed by atoms with van der Waals surface area (Å²) in [6, 6.07) is 0. The molecule has 9 heavy (non-hydrogen) atoms. The summed E-state index contributed by atoms with van der Waals surface area (Å²) in [7, 11) is 1.37. The summed E-state index contributed by atoms with van der Waals surface area (Å²) < 4.78 is 8.76. The van der Waals surface area contributed by atoms with E-state index in [1.54, 1.807) is 0 Å². The van der Waals surface area contributed by atoms with Gasteiger partial charge in [0.15, 0.2) is 6.10 Å². The van der Waals surface area contributed by atoms with Gasteiger partial charge < -0.3 is 9.47 Å². The van der Waals surface area contributed by atoms with Gasteiger partial charge >= 0.3 is 11.9 Å². The lowest BCUT2D eigenvalue weighted by atomic mass is 10.3.